The van der Waals surface area contributed by atoms with E-state index >= 15 is 0 Å². The number of anilines is 2. The van der Waals surface area contributed by atoms with Crippen molar-refractivity contribution in [3.05, 3.63) is 41.2 Å². The van der Waals surface area contributed by atoms with E-state index in [-0.39, 0.29) is 22.2 Å². The molecule has 1 aromatic carbocycles. The lowest BCUT2D eigenvalue weighted by molar-refractivity contribution is 0.313. The van der Waals surface area contributed by atoms with Crippen LogP contribution in [0.3, 0.4) is 0 Å². The summed E-state index contributed by atoms with van der Waals surface area (Å²) in [5.74, 6) is 0.378. The van der Waals surface area contributed by atoms with E-state index in [1.807, 2.05) is 12.1 Å². The quantitative estimate of drug-likeness (QED) is 0.701. The predicted molar refractivity (Wildman–Crippen MR) is 116 cm³/mol. The Bertz CT molecular complexity index is 1080. The second-order valence-electron chi connectivity index (χ2n) is 7.66. The van der Waals surface area contributed by atoms with Crippen molar-refractivity contribution in [1.29, 1.82) is 5.26 Å². The highest BCUT2D eigenvalue weighted by Crippen LogP contribution is 2.33. The normalized spacial score (nSPS) is 20.4. The van der Waals surface area contributed by atoms with Crippen LogP contribution in [0.5, 0.6) is 0 Å². The molecule has 1 atom stereocenters. The maximum absolute atomic E-state index is 13.3. The molecule has 30 heavy (non-hydrogen) atoms. The Kier molecular flexibility index (Phi) is 5.82. The van der Waals surface area contributed by atoms with Gasteiger partial charge in [0.25, 0.3) is 0 Å². The Labute approximate surface area is 181 Å². The van der Waals surface area contributed by atoms with Crippen molar-refractivity contribution in [1.82, 2.24) is 14.9 Å². The fraction of sp³-hybridized carbons (Fsp3) is 0.450. The van der Waals surface area contributed by atoms with Crippen molar-refractivity contribution >= 4 is 33.1 Å². The largest absolute Gasteiger partial charge is 0.369 e. The summed E-state index contributed by atoms with van der Waals surface area (Å²) in [6.45, 7) is 4.48. The Morgan fingerprint density at radius 3 is 2.60 bits per heavy atom. The molecule has 2 saturated heterocycles. The molecule has 2 aromatic rings. The Hall–Kier alpha value is -2.41. The van der Waals surface area contributed by atoms with E-state index in [4.69, 9.17) is 16.9 Å². The lowest BCUT2D eigenvalue weighted by Gasteiger charge is -2.34. The van der Waals surface area contributed by atoms with E-state index in [2.05, 4.69) is 26.8 Å². The number of aromatic nitrogens is 2. The van der Waals surface area contributed by atoms with Crippen molar-refractivity contribution < 1.29 is 8.42 Å². The van der Waals surface area contributed by atoms with Crippen molar-refractivity contribution in [2.45, 2.75) is 16.6 Å². The molecule has 0 unspecified atom stereocenters. The predicted octanol–water partition coefficient (Wildman–Crippen LogP) is 1.81. The fourth-order valence-electron chi connectivity index (χ4n) is 3.89. The number of piperazine rings is 1. The van der Waals surface area contributed by atoms with Gasteiger partial charge in [0.1, 0.15) is 11.8 Å². The highest BCUT2D eigenvalue weighted by Gasteiger charge is 2.36. The first-order valence-electron chi connectivity index (χ1n) is 9.83. The summed E-state index contributed by atoms with van der Waals surface area (Å²) < 4.78 is 26.5. The van der Waals surface area contributed by atoms with Gasteiger partial charge in [0.05, 0.1) is 15.2 Å². The van der Waals surface area contributed by atoms with Crippen LogP contribution in [-0.4, -0.2) is 74.9 Å². The van der Waals surface area contributed by atoms with Gasteiger partial charge in [-0.25, -0.2) is 18.4 Å². The van der Waals surface area contributed by atoms with Gasteiger partial charge >= 0.3 is 0 Å². The highest BCUT2D eigenvalue weighted by atomic mass is 35.5. The molecule has 10 heteroatoms. The molecular formula is C20H23ClN6O2S. The third-order valence-electron chi connectivity index (χ3n) is 5.71. The third-order valence-corrected chi connectivity index (χ3v) is 8.37. The average Bonchev–Trinajstić information content (AvgIpc) is 3.25. The van der Waals surface area contributed by atoms with E-state index < -0.39 is 15.1 Å². The number of hydrogen-bond acceptors (Lipinski definition) is 8. The number of benzene rings is 1. The summed E-state index contributed by atoms with van der Waals surface area (Å²) in [7, 11) is -1.51. The van der Waals surface area contributed by atoms with Crippen LogP contribution in [0.25, 0.3) is 0 Å². The second kappa shape index (κ2) is 8.38. The number of nitrogens with zero attached hydrogens (tertiary/aromatic N) is 6. The number of hydrogen-bond donors (Lipinski definition) is 0. The molecule has 0 amide bonds. The van der Waals surface area contributed by atoms with Crippen molar-refractivity contribution in [2.24, 2.45) is 0 Å². The van der Waals surface area contributed by atoms with Gasteiger partial charge < -0.3 is 14.7 Å². The zero-order chi connectivity index (χ0) is 21.3. The fourth-order valence-corrected chi connectivity index (χ4v) is 6.12. The van der Waals surface area contributed by atoms with Crippen molar-refractivity contribution in [2.75, 3.05) is 56.1 Å². The molecule has 3 heterocycles. The maximum atomic E-state index is 13.3. The van der Waals surface area contributed by atoms with Crippen LogP contribution < -0.4 is 9.80 Å². The zero-order valence-electron chi connectivity index (χ0n) is 16.7. The molecule has 2 aliphatic heterocycles. The molecule has 0 spiro atoms. The van der Waals surface area contributed by atoms with Crippen LogP contribution in [0, 0.1) is 11.3 Å². The van der Waals surface area contributed by atoms with Crippen LogP contribution in [0.1, 0.15) is 12.1 Å². The number of sulfone groups is 1. The minimum Gasteiger partial charge on any atom is -0.369 e. The number of rotatable bonds is 4. The monoisotopic (exact) mass is 446 g/mol. The van der Waals surface area contributed by atoms with Crippen LogP contribution in [0.15, 0.2) is 35.4 Å². The average molecular weight is 447 g/mol. The van der Waals surface area contributed by atoms with Crippen LogP contribution in [-0.2, 0) is 9.84 Å². The molecule has 8 nitrogen and oxygen atoms in total. The van der Waals surface area contributed by atoms with Crippen LogP contribution in [0.2, 0.25) is 5.02 Å². The van der Waals surface area contributed by atoms with Gasteiger partial charge in [0.15, 0.2) is 9.84 Å². The first kappa shape index (κ1) is 20.8. The topological polar surface area (TPSA) is 93.4 Å². The summed E-state index contributed by atoms with van der Waals surface area (Å²) in [6.07, 6.45) is 1.97. The molecular weight excluding hydrogens is 424 g/mol. The lowest BCUT2D eigenvalue weighted by Crippen LogP contribution is -2.44. The number of likely N-dealkylation sites (N-methyl/N-ethyl adjacent to an activating group) is 1. The van der Waals surface area contributed by atoms with Gasteiger partial charge in [-0.15, -0.1) is 0 Å². The SMILES string of the molecule is CN1CCN(c2ccc(S(=O)(=O)[C@H]3CCN(c4nccc(C#N)n4)C3)c(Cl)c2)CC1. The van der Waals surface area contributed by atoms with E-state index in [1.165, 1.54) is 12.3 Å². The first-order valence-corrected chi connectivity index (χ1v) is 11.8. The van der Waals surface area contributed by atoms with Gasteiger partial charge in [0.2, 0.25) is 5.95 Å². The maximum Gasteiger partial charge on any atom is 0.226 e. The summed E-state index contributed by atoms with van der Waals surface area (Å²) in [5.41, 5.74) is 1.20. The van der Waals surface area contributed by atoms with E-state index in [1.54, 1.807) is 17.0 Å². The van der Waals surface area contributed by atoms with E-state index in [0.29, 0.717) is 18.9 Å². The van der Waals surface area contributed by atoms with Gasteiger partial charge in [-0.05, 0) is 37.7 Å². The molecule has 0 aliphatic carbocycles. The lowest BCUT2D eigenvalue weighted by atomic mass is 10.2. The van der Waals surface area contributed by atoms with Crippen LogP contribution in [0.4, 0.5) is 11.6 Å². The third kappa shape index (κ3) is 4.08. The molecule has 4 rings (SSSR count). The van der Waals surface area contributed by atoms with Gasteiger partial charge in [-0.2, -0.15) is 5.26 Å². The standard InChI is InChI=1S/C20H23ClN6O2S/c1-25-8-10-26(11-9-25)16-2-3-19(18(21)12-16)30(28,29)17-5-7-27(14-17)20-23-6-4-15(13-22)24-20/h2-4,6,12,17H,5,7-11,14H2,1H3/t17-/m0/s1. The smallest absolute Gasteiger partial charge is 0.226 e. The minimum atomic E-state index is -3.60. The number of halogens is 1. The summed E-state index contributed by atoms with van der Waals surface area (Å²) in [4.78, 5) is 14.8. The minimum absolute atomic E-state index is 0.167. The molecule has 0 saturated carbocycles. The van der Waals surface area contributed by atoms with Crippen molar-refractivity contribution in [3.63, 3.8) is 0 Å². The highest BCUT2D eigenvalue weighted by molar-refractivity contribution is 7.92. The zero-order valence-corrected chi connectivity index (χ0v) is 18.3. The van der Waals surface area contributed by atoms with Crippen LogP contribution >= 0.6 is 11.6 Å². The Morgan fingerprint density at radius 1 is 1.13 bits per heavy atom. The number of nitriles is 1. The summed E-state index contributed by atoms with van der Waals surface area (Å²) in [6, 6.07) is 8.73. The van der Waals surface area contributed by atoms with Gasteiger partial charge in [-0.1, -0.05) is 11.6 Å². The second-order valence-corrected chi connectivity index (χ2v) is 10.3. The molecule has 0 radical (unpaired) electrons. The Balaban J connectivity index is 1.51. The first-order chi connectivity index (χ1) is 14.4. The molecule has 2 fully saturated rings. The van der Waals surface area contributed by atoms with Gasteiger partial charge in [0, 0.05) is 51.2 Å². The summed E-state index contributed by atoms with van der Waals surface area (Å²) >= 11 is 6.44. The van der Waals surface area contributed by atoms with Gasteiger partial charge in [-0.3, -0.25) is 0 Å². The Morgan fingerprint density at radius 2 is 1.90 bits per heavy atom. The van der Waals surface area contributed by atoms with Crippen molar-refractivity contribution in [3.8, 4) is 6.07 Å². The molecule has 2 aliphatic rings. The molecule has 1 aromatic heterocycles. The van der Waals surface area contributed by atoms with E-state index in [0.717, 1.165) is 31.9 Å². The molecule has 0 bridgehead atoms. The summed E-state index contributed by atoms with van der Waals surface area (Å²) in [5, 5.41) is 8.68. The molecule has 0 N–H and O–H groups in total. The van der Waals surface area contributed by atoms with E-state index in [9.17, 15) is 8.42 Å². The molecule has 158 valence electrons.